The quantitative estimate of drug-likeness (QED) is 0.659. The van der Waals surface area contributed by atoms with Crippen LogP contribution in [0.15, 0.2) is 42.9 Å². The van der Waals surface area contributed by atoms with Gasteiger partial charge in [-0.1, -0.05) is 24.3 Å². The predicted molar refractivity (Wildman–Crippen MR) is 103 cm³/mol. The van der Waals surface area contributed by atoms with Crippen LogP contribution in [0.1, 0.15) is 38.1 Å². The average Bonchev–Trinajstić information content (AvgIpc) is 3.03. The number of carbonyl (C=O) groups is 1. The van der Waals surface area contributed by atoms with E-state index in [4.69, 9.17) is 5.73 Å². The van der Waals surface area contributed by atoms with Gasteiger partial charge in [0, 0.05) is 18.9 Å². The van der Waals surface area contributed by atoms with Gasteiger partial charge in [0.2, 0.25) is 5.95 Å². The fraction of sp³-hybridized carbons (Fsp3) is 0.333. The summed E-state index contributed by atoms with van der Waals surface area (Å²) in [4.78, 5) is 20.1. The van der Waals surface area contributed by atoms with E-state index >= 15 is 0 Å². The first-order chi connectivity index (χ1) is 12.3. The van der Waals surface area contributed by atoms with Crippen LogP contribution in [0.5, 0.6) is 0 Å². The predicted octanol–water partition coefficient (Wildman–Crippen LogP) is 2.81. The summed E-state index contributed by atoms with van der Waals surface area (Å²) in [5.74, 6) is 0.142. The van der Waals surface area contributed by atoms with E-state index in [9.17, 15) is 4.79 Å². The van der Waals surface area contributed by atoms with Gasteiger partial charge in [-0.15, -0.1) is 0 Å². The van der Waals surface area contributed by atoms with Gasteiger partial charge in [0.25, 0.3) is 5.91 Å². The van der Waals surface area contributed by atoms with Crippen molar-refractivity contribution in [3.8, 4) is 0 Å². The zero-order valence-corrected chi connectivity index (χ0v) is 15.5. The zero-order chi connectivity index (χ0) is 19.2. The number of amides is 1. The molecule has 0 spiro atoms. The molecule has 0 unspecified atom stereocenters. The molecule has 0 atom stereocenters. The molecule has 138 valence electrons. The monoisotopic (exact) mass is 355 g/mol. The van der Waals surface area contributed by atoms with Crippen LogP contribution in [0.25, 0.3) is 0 Å². The highest BCUT2D eigenvalue weighted by Crippen LogP contribution is 2.20. The van der Waals surface area contributed by atoms with E-state index in [1.165, 1.54) is 6.20 Å². The highest BCUT2D eigenvalue weighted by Gasteiger charge is 2.15. The number of nitrogens with zero attached hydrogens (tertiary/aromatic N) is 4. The van der Waals surface area contributed by atoms with Crippen LogP contribution in [0.4, 0.5) is 17.5 Å². The standard InChI is InChI=1S/C18H25N7O/c1-5-6-7-8-9-20-16-14(15(19)26)11-21-17(24-16)23-13-10-22-25(12-13)18(2,3)4/h5-8,10-12H,9H2,1-4H3,(H2,19,26)(H2,20,21,23,24)/b6-5+,8-7+. The van der Waals surface area contributed by atoms with Crippen LogP contribution in [-0.2, 0) is 5.54 Å². The van der Waals surface area contributed by atoms with Crippen LogP contribution in [0.2, 0.25) is 0 Å². The largest absolute Gasteiger partial charge is 0.366 e. The molecule has 2 aromatic rings. The Morgan fingerprint density at radius 2 is 2.08 bits per heavy atom. The lowest BCUT2D eigenvalue weighted by atomic mass is 10.1. The number of hydrogen-bond acceptors (Lipinski definition) is 6. The van der Waals surface area contributed by atoms with Gasteiger partial charge in [-0.2, -0.15) is 10.1 Å². The molecular weight excluding hydrogens is 330 g/mol. The maximum Gasteiger partial charge on any atom is 0.254 e. The smallest absolute Gasteiger partial charge is 0.254 e. The summed E-state index contributed by atoms with van der Waals surface area (Å²) in [6, 6.07) is 0. The zero-order valence-electron chi connectivity index (χ0n) is 15.5. The molecule has 2 rings (SSSR count). The molecule has 2 heterocycles. The number of primary amides is 1. The highest BCUT2D eigenvalue weighted by molar-refractivity contribution is 5.97. The minimum Gasteiger partial charge on any atom is -0.366 e. The van der Waals surface area contributed by atoms with Crippen molar-refractivity contribution in [2.24, 2.45) is 5.73 Å². The van der Waals surface area contributed by atoms with Crippen LogP contribution in [0.3, 0.4) is 0 Å². The van der Waals surface area contributed by atoms with E-state index in [1.807, 2.05) is 42.1 Å². The summed E-state index contributed by atoms with van der Waals surface area (Å²) < 4.78 is 1.85. The number of nitrogens with one attached hydrogen (secondary N) is 2. The lowest BCUT2D eigenvalue weighted by molar-refractivity contribution is 0.100. The summed E-state index contributed by atoms with van der Waals surface area (Å²) in [6.45, 7) is 8.62. The summed E-state index contributed by atoms with van der Waals surface area (Å²) in [5, 5.41) is 10.5. The van der Waals surface area contributed by atoms with Gasteiger partial charge in [-0.05, 0) is 27.7 Å². The molecule has 0 saturated heterocycles. The lowest BCUT2D eigenvalue weighted by Gasteiger charge is -2.18. The van der Waals surface area contributed by atoms with Gasteiger partial charge in [-0.25, -0.2) is 4.98 Å². The molecule has 0 aliphatic heterocycles. The number of hydrogen-bond donors (Lipinski definition) is 3. The third kappa shape index (κ3) is 5.17. The number of aromatic nitrogens is 4. The summed E-state index contributed by atoms with van der Waals surface area (Å²) >= 11 is 0. The number of carbonyl (C=O) groups excluding carboxylic acids is 1. The van der Waals surface area contributed by atoms with Crippen molar-refractivity contribution in [1.82, 2.24) is 19.7 Å². The Kier molecular flexibility index (Phi) is 6.11. The number of nitrogens with two attached hydrogens (primary N) is 1. The molecule has 8 nitrogen and oxygen atoms in total. The van der Waals surface area contributed by atoms with E-state index in [0.717, 1.165) is 5.69 Å². The van der Waals surface area contributed by atoms with Gasteiger partial charge < -0.3 is 16.4 Å². The molecule has 0 fully saturated rings. The lowest BCUT2D eigenvalue weighted by Crippen LogP contribution is -2.21. The second-order valence-corrected chi connectivity index (χ2v) is 6.62. The fourth-order valence-electron chi connectivity index (χ4n) is 2.05. The first-order valence-corrected chi connectivity index (χ1v) is 8.32. The molecule has 0 aliphatic rings. The van der Waals surface area contributed by atoms with Gasteiger partial charge in [0.1, 0.15) is 5.82 Å². The molecule has 4 N–H and O–H groups in total. The molecule has 26 heavy (non-hydrogen) atoms. The Morgan fingerprint density at radius 1 is 1.31 bits per heavy atom. The first-order valence-electron chi connectivity index (χ1n) is 8.32. The molecule has 0 radical (unpaired) electrons. The van der Waals surface area contributed by atoms with Crippen molar-refractivity contribution in [2.75, 3.05) is 17.2 Å². The molecular formula is C18H25N7O. The van der Waals surface area contributed by atoms with E-state index in [0.29, 0.717) is 18.3 Å². The molecule has 0 aromatic carbocycles. The molecule has 0 aliphatic carbocycles. The maximum absolute atomic E-state index is 11.6. The Balaban J connectivity index is 2.17. The second kappa shape index (κ2) is 8.28. The second-order valence-electron chi connectivity index (χ2n) is 6.62. The third-order valence-corrected chi connectivity index (χ3v) is 3.41. The summed E-state index contributed by atoms with van der Waals surface area (Å²) in [6.07, 6.45) is 12.6. The average molecular weight is 355 g/mol. The van der Waals surface area contributed by atoms with E-state index in [1.54, 1.807) is 6.20 Å². The first kappa shape index (κ1) is 19.2. The third-order valence-electron chi connectivity index (χ3n) is 3.41. The topological polar surface area (TPSA) is 111 Å². The number of allylic oxidation sites excluding steroid dienone is 3. The van der Waals surface area contributed by atoms with Crippen molar-refractivity contribution in [3.63, 3.8) is 0 Å². The summed E-state index contributed by atoms with van der Waals surface area (Å²) in [5.41, 5.74) is 6.27. The maximum atomic E-state index is 11.6. The van der Waals surface area contributed by atoms with E-state index in [-0.39, 0.29) is 11.1 Å². The SMILES string of the molecule is C/C=C/C=C/CNc1nc(Nc2cnn(C(C)(C)C)c2)ncc1C(N)=O. The van der Waals surface area contributed by atoms with Gasteiger partial charge in [0.05, 0.1) is 23.0 Å². The fourth-order valence-corrected chi connectivity index (χ4v) is 2.05. The summed E-state index contributed by atoms with van der Waals surface area (Å²) in [7, 11) is 0. The van der Waals surface area contributed by atoms with Crippen molar-refractivity contribution < 1.29 is 4.79 Å². The van der Waals surface area contributed by atoms with Crippen molar-refractivity contribution in [1.29, 1.82) is 0 Å². The van der Waals surface area contributed by atoms with Crippen LogP contribution in [0, 0.1) is 0 Å². The molecule has 0 bridgehead atoms. The minimum atomic E-state index is -0.586. The van der Waals surface area contributed by atoms with Crippen LogP contribution < -0.4 is 16.4 Å². The van der Waals surface area contributed by atoms with Crippen molar-refractivity contribution in [3.05, 3.63) is 48.5 Å². The van der Waals surface area contributed by atoms with Crippen LogP contribution in [-0.4, -0.2) is 32.2 Å². The molecule has 8 heteroatoms. The number of anilines is 3. The Labute approximate surface area is 153 Å². The minimum absolute atomic E-state index is 0.122. The normalized spacial score (nSPS) is 12.0. The molecule has 2 aromatic heterocycles. The van der Waals surface area contributed by atoms with Crippen molar-refractivity contribution in [2.45, 2.75) is 33.2 Å². The number of rotatable bonds is 7. The van der Waals surface area contributed by atoms with Gasteiger partial charge >= 0.3 is 0 Å². The van der Waals surface area contributed by atoms with Gasteiger partial charge in [-0.3, -0.25) is 9.48 Å². The van der Waals surface area contributed by atoms with Gasteiger partial charge in [0.15, 0.2) is 0 Å². The van der Waals surface area contributed by atoms with E-state index < -0.39 is 5.91 Å². The Bertz CT molecular complexity index is 815. The van der Waals surface area contributed by atoms with Crippen molar-refractivity contribution >= 4 is 23.4 Å². The molecule has 1 amide bonds. The molecule has 0 saturated carbocycles. The highest BCUT2D eigenvalue weighted by atomic mass is 16.1. The van der Waals surface area contributed by atoms with Crippen LogP contribution >= 0.6 is 0 Å². The van der Waals surface area contributed by atoms with E-state index in [2.05, 4.69) is 46.5 Å². The Hall–Kier alpha value is -3.16. The Morgan fingerprint density at radius 3 is 2.69 bits per heavy atom.